The summed E-state index contributed by atoms with van der Waals surface area (Å²) in [4.78, 5) is 13.5. The number of nitrogens with zero attached hydrogens (tertiary/aromatic N) is 4. The topological polar surface area (TPSA) is 87.1 Å². The Bertz CT molecular complexity index is 1230. The summed E-state index contributed by atoms with van der Waals surface area (Å²) in [6, 6.07) is 24.0. The lowest BCUT2D eigenvalue weighted by Gasteiger charge is -2.12. The van der Waals surface area contributed by atoms with Crippen LogP contribution < -0.4 is 16.1 Å². The standard InChI is InChI=1S/C24H22IN7/c1-16-8-13-21(17(2)14-16)28-23-29-22(27-20-6-4-3-5-7-20)30-24(31-23)32-26-15-18-9-11-19(25)12-10-18/h3-15H,1-2H3,(H3,27,28,29,30,31,32)/b26-15+. The summed E-state index contributed by atoms with van der Waals surface area (Å²) in [6.07, 6.45) is 1.72. The Hall–Kier alpha value is -3.53. The molecule has 32 heavy (non-hydrogen) atoms. The molecule has 7 nitrogen and oxygen atoms in total. The van der Waals surface area contributed by atoms with Crippen LogP contribution in [0.5, 0.6) is 0 Å². The highest BCUT2D eigenvalue weighted by Crippen LogP contribution is 2.22. The van der Waals surface area contributed by atoms with Gasteiger partial charge in [0, 0.05) is 14.9 Å². The zero-order valence-corrected chi connectivity index (χ0v) is 19.8. The molecule has 0 saturated carbocycles. The van der Waals surface area contributed by atoms with Gasteiger partial charge in [0.25, 0.3) is 0 Å². The number of hydrogen-bond donors (Lipinski definition) is 3. The van der Waals surface area contributed by atoms with Crippen molar-refractivity contribution in [2.45, 2.75) is 13.8 Å². The van der Waals surface area contributed by atoms with E-state index >= 15 is 0 Å². The molecule has 0 fully saturated rings. The summed E-state index contributed by atoms with van der Waals surface area (Å²) in [7, 11) is 0. The smallest absolute Gasteiger partial charge is 0.250 e. The molecule has 0 spiro atoms. The number of halogens is 1. The average Bonchev–Trinajstić information content (AvgIpc) is 2.78. The lowest BCUT2D eigenvalue weighted by Crippen LogP contribution is -2.07. The van der Waals surface area contributed by atoms with Gasteiger partial charge in [-0.15, -0.1) is 0 Å². The van der Waals surface area contributed by atoms with Gasteiger partial charge in [-0.1, -0.05) is 48.0 Å². The van der Waals surface area contributed by atoms with Crippen molar-refractivity contribution < 1.29 is 0 Å². The van der Waals surface area contributed by atoms with Crippen molar-refractivity contribution >= 4 is 58.0 Å². The summed E-state index contributed by atoms with van der Waals surface area (Å²) in [6.45, 7) is 4.11. The minimum Gasteiger partial charge on any atom is -0.324 e. The van der Waals surface area contributed by atoms with Crippen LogP contribution in [0.15, 0.2) is 77.9 Å². The van der Waals surface area contributed by atoms with Crippen LogP contribution in [0.1, 0.15) is 16.7 Å². The molecular formula is C24H22IN7. The van der Waals surface area contributed by atoms with E-state index in [1.54, 1.807) is 6.21 Å². The summed E-state index contributed by atoms with van der Waals surface area (Å²) in [5.41, 5.74) is 8.00. The normalized spacial score (nSPS) is 10.8. The van der Waals surface area contributed by atoms with Crippen molar-refractivity contribution in [1.29, 1.82) is 0 Å². The minimum absolute atomic E-state index is 0.326. The second kappa shape index (κ2) is 10.2. The molecule has 4 rings (SSSR count). The molecular weight excluding hydrogens is 513 g/mol. The Balaban J connectivity index is 1.59. The number of anilines is 5. The molecule has 3 N–H and O–H groups in total. The van der Waals surface area contributed by atoms with Gasteiger partial charge in [0.2, 0.25) is 17.8 Å². The third kappa shape index (κ3) is 6.01. The van der Waals surface area contributed by atoms with Crippen molar-refractivity contribution in [3.05, 3.63) is 93.1 Å². The Morgan fingerprint density at radius 1 is 0.781 bits per heavy atom. The summed E-state index contributed by atoms with van der Waals surface area (Å²) in [5.74, 6) is 1.15. The number of aryl methyl sites for hydroxylation is 2. The fourth-order valence-corrected chi connectivity index (χ4v) is 3.34. The van der Waals surface area contributed by atoms with Gasteiger partial charge in [-0.05, 0) is 77.9 Å². The fourth-order valence-electron chi connectivity index (χ4n) is 2.98. The van der Waals surface area contributed by atoms with E-state index in [9.17, 15) is 0 Å². The van der Waals surface area contributed by atoms with E-state index in [0.29, 0.717) is 17.8 Å². The second-order valence-electron chi connectivity index (χ2n) is 7.16. The third-order valence-corrected chi connectivity index (χ3v) is 5.26. The Labute approximate surface area is 200 Å². The van der Waals surface area contributed by atoms with Gasteiger partial charge < -0.3 is 10.6 Å². The molecule has 0 aliphatic carbocycles. The first-order chi connectivity index (χ1) is 15.5. The average molecular weight is 535 g/mol. The number of hydrazone groups is 1. The number of para-hydroxylation sites is 1. The van der Waals surface area contributed by atoms with E-state index in [-0.39, 0.29) is 0 Å². The molecule has 8 heteroatoms. The maximum absolute atomic E-state index is 4.53. The molecule has 0 radical (unpaired) electrons. The molecule has 3 aromatic carbocycles. The van der Waals surface area contributed by atoms with Gasteiger partial charge >= 0.3 is 0 Å². The molecule has 0 aliphatic heterocycles. The maximum atomic E-state index is 4.53. The molecule has 1 heterocycles. The Morgan fingerprint density at radius 2 is 1.47 bits per heavy atom. The highest BCUT2D eigenvalue weighted by atomic mass is 127. The van der Waals surface area contributed by atoms with Crippen LogP contribution in [0.3, 0.4) is 0 Å². The van der Waals surface area contributed by atoms with Crippen molar-refractivity contribution in [3.8, 4) is 0 Å². The number of nitrogens with one attached hydrogen (secondary N) is 3. The predicted molar refractivity (Wildman–Crippen MR) is 139 cm³/mol. The first kappa shape index (κ1) is 21.7. The second-order valence-corrected chi connectivity index (χ2v) is 8.41. The van der Waals surface area contributed by atoms with Crippen LogP contribution >= 0.6 is 22.6 Å². The van der Waals surface area contributed by atoms with Crippen LogP contribution in [-0.4, -0.2) is 21.2 Å². The molecule has 0 bridgehead atoms. The Morgan fingerprint density at radius 3 is 2.19 bits per heavy atom. The van der Waals surface area contributed by atoms with E-state index < -0.39 is 0 Å². The van der Waals surface area contributed by atoms with Crippen LogP contribution in [0.25, 0.3) is 0 Å². The monoisotopic (exact) mass is 535 g/mol. The van der Waals surface area contributed by atoms with Gasteiger partial charge in [0.05, 0.1) is 6.21 Å². The minimum atomic E-state index is 0.326. The van der Waals surface area contributed by atoms with Crippen LogP contribution in [-0.2, 0) is 0 Å². The van der Waals surface area contributed by atoms with Gasteiger partial charge in [-0.25, -0.2) is 5.43 Å². The van der Waals surface area contributed by atoms with E-state index in [4.69, 9.17) is 0 Å². The zero-order valence-electron chi connectivity index (χ0n) is 17.7. The summed E-state index contributed by atoms with van der Waals surface area (Å²) < 4.78 is 1.17. The van der Waals surface area contributed by atoms with E-state index in [1.807, 2.05) is 73.7 Å². The molecule has 1 aromatic heterocycles. The maximum Gasteiger partial charge on any atom is 0.250 e. The van der Waals surface area contributed by atoms with E-state index in [2.05, 4.69) is 71.7 Å². The number of aromatic nitrogens is 3. The number of hydrogen-bond acceptors (Lipinski definition) is 7. The quantitative estimate of drug-likeness (QED) is 0.152. The van der Waals surface area contributed by atoms with Gasteiger partial charge in [0.15, 0.2) is 0 Å². The molecule has 0 amide bonds. The van der Waals surface area contributed by atoms with Crippen molar-refractivity contribution in [2.75, 3.05) is 16.1 Å². The van der Waals surface area contributed by atoms with Crippen molar-refractivity contribution in [3.63, 3.8) is 0 Å². The highest BCUT2D eigenvalue weighted by molar-refractivity contribution is 14.1. The SMILES string of the molecule is Cc1ccc(Nc2nc(N/N=C/c3ccc(I)cc3)nc(Nc3ccccc3)n2)c(C)c1. The first-order valence-corrected chi connectivity index (χ1v) is 11.1. The molecule has 4 aromatic rings. The largest absolute Gasteiger partial charge is 0.324 e. The lowest BCUT2D eigenvalue weighted by molar-refractivity contribution is 1.04. The van der Waals surface area contributed by atoms with Gasteiger partial charge in [-0.2, -0.15) is 20.1 Å². The zero-order chi connectivity index (χ0) is 22.3. The third-order valence-electron chi connectivity index (χ3n) is 4.54. The van der Waals surface area contributed by atoms with Crippen molar-refractivity contribution in [1.82, 2.24) is 15.0 Å². The number of rotatable bonds is 7. The van der Waals surface area contributed by atoms with Crippen molar-refractivity contribution in [2.24, 2.45) is 5.10 Å². The highest BCUT2D eigenvalue weighted by Gasteiger charge is 2.09. The van der Waals surface area contributed by atoms with Crippen LogP contribution in [0.2, 0.25) is 0 Å². The van der Waals surface area contributed by atoms with E-state index in [0.717, 1.165) is 22.5 Å². The predicted octanol–water partition coefficient (Wildman–Crippen LogP) is 6.03. The van der Waals surface area contributed by atoms with Gasteiger partial charge in [0.1, 0.15) is 0 Å². The number of benzene rings is 3. The van der Waals surface area contributed by atoms with Crippen LogP contribution in [0, 0.1) is 17.4 Å². The molecule has 0 unspecified atom stereocenters. The molecule has 0 saturated heterocycles. The summed E-state index contributed by atoms with van der Waals surface area (Å²) >= 11 is 2.27. The molecule has 160 valence electrons. The van der Waals surface area contributed by atoms with E-state index in [1.165, 1.54) is 9.13 Å². The van der Waals surface area contributed by atoms with Gasteiger partial charge in [-0.3, -0.25) is 0 Å². The fraction of sp³-hybridized carbons (Fsp3) is 0.0833. The lowest BCUT2D eigenvalue weighted by atomic mass is 10.1. The van der Waals surface area contributed by atoms with Crippen LogP contribution in [0.4, 0.5) is 29.2 Å². The first-order valence-electron chi connectivity index (χ1n) is 10.0. The molecule has 0 aliphatic rings. The molecule has 0 atom stereocenters. The Kier molecular flexibility index (Phi) is 6.90. The summed E-state index contributed by atoms with van der Waals surface area (Å²) in [5, 5.41) is 10.8.